The molecule has 1 amide bonds. The zero-order valence-corrected chi connectivity index (χ0v) is 11.3. The van der Waals surface area contributed by atoms with Crippen LogP contribution in [0.1, 0.15) is 21.5 Å². The number of nitrogens with zero attached hydrogens (tertiary/aromatic N) is 2. The molecule has 1 heterocycles. The Morgan fingerprint density at radius 1 is 1.14 bits per heavy atom. The minimum atomic E-state index is -0.424. The smallest absolute Gasteiger partial charge is 0.248 e. The van der Waals surface area contributed by atoms with Crippen LogP contribution in [0.25, 0.3) is 10.9 Å². The van der Waals surface area contributed by atoms with Gasteiger partial charge in [0.2, 0.25) is 5.91 Å². The van der Waals surface area contributed by atoms with Crippen molar-refractivity contribution in [1.29, 1.82) is 5.26 Å². The van der Waals surface area contributed by atoms with Crippen molar-refractivity contribution in [2.24, 2.45) is 5.73 Å². The maximum Gasteiger partial charge on any atom is 0.248 e. The average Bonchev–Trinajstić information content (AvgIpc) is 2.91. The quantitative estimate of drug-likeness (QED) is 0.798. The number of rotatable bonds is 3. The highest BCUT2D eigenvalue weighted by molar-refractivity contribution is 5.92. The summed E-state index contributed by atoms with van der Waals surface area (Å²) in [6.07, 6.45) is 1.97. The van der Waals surface area contributed by atoms with Gasteiger partial charge in [-0.2, -0.15) is 5.26 Å². The van der Waals surface area contributed by atoms with Crippen LogP contribution in [-0.4, -0.2) is 10.5 Å². The van der Waals surface area contributed by atoms with Crippen molar-refractivity contribution in [3.05, 3.63) is 71.4 Å². The second-order valence-corrected chi connectivity index (χ2v) is 4.85. The van der Waals surface area contributed by atoms with Gasteiger partial charge in [0.15, 0.2) is 0 Å². The number of amides is 1. The van der Waals surface area contributed by atoms with Gasteiger partial charge < -0.3 is 10.3 Å². The van der Waals surface area contributed by atoms with E-state index < -0.39 is 5.91 Å². The standard InChI is InChI=1S/C17H13N3O/c18-10-14-2-1-3-16-15(14)8-9-20(16)11-12-4-6-13(7-5-12)17(19)21/h1-9H,11H2,(H2,19,21). The summed E-state index contributed by atoms with van der Waals surface area (Å²) in [5.41, 5.74) is 8.50. The summed E-state index contributed by atoms with van der Waals surface area (Å²) in [6.45, 7) is 0.678. The molecule has 4 nitrogen and oxygen atoms in total. The second kappa shape index (κ2) is 5.14. The summed E-state index contributed by atoms with van der Waals surface area (Å²) < 4.78 is 2.08. The molecule has 0 aliphatic rings. The molecule has 0 spiro atoms. The molecule has 0 saturated carbocycles. The molecule has 0 atom stereocenters. The van der Waals surface area contributed by atoms with E-state index >= 15 is 0 Å². The summed E-state index contributed by atoms with van der Waals surface area (Å²) in [5.74, 6) is -0.424. The van der Waals surface area contributed by atoms with Crippen LogP contribution in [0.15, 0.2) is 54.7 Å². The van der Waals surface area contributed by atoms with Crippen LogP contribution < -0.4 is 5.73 Å². The van der Waals surface area contributed by atoms with Crippen molar-refractivity contribution < 1.29 is 4.79 Å². The minimum Gasteiger partial charge on any atom is -0.366 e. The number of hydrogen-bond acceptors (Lipinski definition) is 2. The van der Waals surface area contributed by atoms with Gasteiger partial charge in [-0.1, -0.05) is 18.2 Å². The van der Waals surface area contributed by atoms with Crippen molar-refractivity contribution in [2.75, 3.05) is 0 Å². The normalized spacial score (nSPS) is 10.4. The lowest BCUT2D eigenvalue weighted by atomic mass is 10.1. The van der Waals surface area contributed by atoms with E-state index in [-0.39, 0.29) is 0 Å². The topological polar surface area (TPSA) is 71.8 Å². The molecule has 0 radical (unpaired) electrons. The fraction of sp³-hybridized carbons (Fsp3) is 0.0588. The minimum absolute atomic E-state index is 0.424. The zero-order chi connectivity index (χ0) is 14.8. The van der Waals surface area contributed by atoms with E-state index in [4.69, 9.17) is 11.0 Å². The van der Waals surface area contributed by atoms with Crippen molar-refractivity contribution in [3.8, 4) is 6.07 Å². The number of nitrogens with two attached hydrogens (primary N) is 1. The van der Waals surface area contributed by atoms with Crippen LogP contribution in [0.3, 0.4) is 0 Å². The fourth-order valence-corrected chi connectivity index (χ4v) is 2.43. The highest BCUT2D eigenvalue weighted by Gasteiger charge is 2.06. The van der Waals surface area contributed by atoms with Gasteiger partial charge in [-0.15, -0.1) is 0 Å². The van der Waals surface area contributed by atoms with Crippen LogP contribution in [-0.2, 0) is 6.54 Å². The summed E-state index contributed by atoms with van der Waals surface area (Å²) in [6, 6.07) is 17.1. The predicted octanol–water partition coefficient (Wildman–Crippen LogP) is 2.66. The zero-order valence-electron chi connectivity index (χ0n) is 11.3. The molecule has 4 heteroatoms. The number of benzene rings is 2. The maximum absolute atomic E-state index is 11.1. The van der Waals surface area contributed by atoms with Crippen LogP contribution in [0.5, 0.6) is 0 Å². The Morgan fingerprint density at radius 3 is 2.57 bits per heavy atom. The van der Waals surface area contributed by atoms with E-state index in [2.05, 4.69) is 10.6 Å². The monoisotopic (exact) mass is 275 g/mol. The van der Waals surface area contributed by atoms with Crippen molar-refractivity contribution in [2.45, 2.75) is 6.54 Å². The van der Waals surface area contributed by atoms with E-state index in [1.165, 1.54) is 0 Å². The summed E-state index contributed by atoms with van der Waals surface area (Å²) in [5, 5.41) is 10.1. The SMILES string of the molecule is N#Cc1cccc2c1ccn2Cc1ccc(C(N)=O)cc1. The number of carbonyl (C=O) groups excluding carboxylic acids is 1. The van der Waals surface area contributed by atoms with Gasteiger partial charge >= 0.3 is 0 Å². The third-order valence-electron chi connectivity index (χ3n) is 3.53. The number of carbonyl (C=O) groups is 1. The number of aromatic nitrogens is 1. The van der Waals surface area contributed by atoms with E-state index in [0.29, 0.717) is 17.7 Å². The first-order valence-electron chi connectivity index (χ1n) is 6.56. The molecule has 0 aliphatic heterocycles. The predicted molar refractivity (Wildman–Crippen MR) is 80.7 cm³/mol. The first-order valence-corrected chi connectivity index (χ1v) is 6.56. The third kappa shape index (κ3) is 2.37. The number of primary amides is 1. The lowest BCUT2D eigenvalue weighted by molar-refractivity contribution is 0.100. The Labute approximate surface area is 122 Å². The van der Waals surface area contributed by atoms with Gasteiger partial charge in [0.05, 0.1) is 11.6 Å². The molecule has 0 unspecified atom stereocenters. The van der Waals surface area contributed by atoms with E-state index in [1.54, 1.807) is 12.1 Å². The molecule has 0 fully saturated rings. The Balaban J connectivity index is 1.95. The lowest BCUT2D eigenvalue weighted by Crippen LogP contribution is -2.10. The third-order valence-corrected chi connectivity index (χ3v) is 3.53. The summed E-state index contributed by atoms with van der Waals surface area (Å²) in [4.78, 5) is 11.1. The van der Waals surface area contributed by atoms with Gasteiger partial charge in [-0.05, 0) is 35.9 Å². The first-order chi connectivity index (χ1) is 10.2. The molecule has 3 aromatic rings. The molecule has 0 aliphatic carbocycles. The van der Waals surface area contributed by atoms with Gasteiger partial charge in [0, 0.05) is 29.2 Å². The highest BCUT2D eigenvalue weighted by atomic mass is 16.1. The van der Waals surface area contributed by atoms with Crippen molar-refractivity contribution >= 4 is 16.8 Å². The van der Waals surface area contributed by atoms with Crippen LogP contribution in [0.2, 0.25) is 0 Å². The Hall–Kier alpha value is -3.06. The summed E-state index contributed by atoms with van der Waals surface area (Å²) in [7, 11) is 0. The molecule has 0 saturated heterocycles. The Bertz CT molecular complexity index is 854. The van der Waals surface area contributed by atoms with Gasteiger partial charge in [0.1, 0.15) is 0 Å². The average molecular weight is 275 g/mol. The largest absolute Gasteiger partial charge is 0.366 e. The molecular weight excluding hydrogens is 262 g/mol. The summed E-state index contributed by atoms with van der Waals surface area (Å²) >= 11 is 0. The molecule has 3 rings (SSSR count). The lowest BCUT2D eigenvalue weighted by Gasteiger charge is -2.06. The molecule has 1 aromatic heterocycles. The second-order valence-electron chi connectivity index (χ2n) is 4.85. The van der Waals surface area contributed by atoms with Crippen molar-refractivity contribution in [3.63, 3.8) is 0 Å². The number of nitriles is 1. The van der Waals surface area contributed by atoms with Crippen LogP contribution in [0, 0.1) is 11.3 Å². The fourth-order valence-electron chi connectivity index (χ4n) is 2.43. The van der Waals surface area contributed by atoms with Crippen LogP contribution >= 0.6 is 0 Å². The Kier molecular flexibility index (Phi) is 3.17. The van der Waals surface area contributed by atoms with E-state index in [0.717, 1.165) is 16.5 Å². The number of fused-ring (bicyclic) bond motifs is 1. The maximum atomic E-state index is 11.1. The van der Waals surface area contributed by atoms with E-state index in [1.807, 2.05) is 42.6 Å². The van der Waals surface area contributed by atoms with Crippen molar-refractivity contribution in [1.82, 2.24) is 4.57 Å². The molecule has 0 bridgehead atoms. The molecule has 2 N–H and O–H groups in total. The highest BCUT2D eigenvalue weighted by Crippen LogP contribution is 2.20. The van der Waals surface area contributed by atoms with Crippen LogP contribution in [0.4, 0.5) is 0 Å². The van der Waals surface area contributed by atoms with Gasteiger partial charge in [0.25, 0.3) is 0 Å². The molecule has 21 heavy (non-hydrogen) atoms. The van der Waals surface area contributed by atoms with E-state index in [9.17, 15) is 4.79 Å². The molecular formula is C17H13N3O. The Morgan fingerprint density at radius 2 is 1.90 bits per heavy atom. The molecule has 102 valence electrons. The van der Waals surface area contributed by atoms with Gasteiger partial charge in [-0.25, -0.2) is 0 Å². The van der Waals surface area contributed by atoms with Gasteiger partial charge in [-0.3, -0.25) is 4.79 Å². The molecule has 2 aromatic carbocycles. The first kappa shape index (κ1) is 12.9. The number of hydrogen-bond donors (Lipinski definition) is 1.